The zero-order chi connectivity index (χ0) is 17.6. The summed E-state index contributed by atoms with van der Waals surface area (Å²) in [7, 11) is -3.56. The molecule has 25 heavy (non-hydrogen) atoms. The molecule has 1 fully saturated rings. The molecular weight excluding hydrogens is 338 g/mol. The van der Waals surface area contributed by atoms with E-state index in [2.05, 4.69) is 9.97 Å². The SMILES string of the molecule is CC(C)Oc1ccc(S(=O)(=O)N2C3CCC2c2cncnc2C3)cc1. The highest BCUT2D eigenvalue weighted by Crippen LogP contribution is 2.45. The molecule has 2 atom stereocenters. The monoisotopic (exact) mass is 359 g/mol. The van der Waals surface area contributed by atoms with Crippen molar-refractivity contribution in [2.75, 3.05) is 0 Å². The number of rotatable bonds is 4. The highest BCUT2D eigenvalue weighted by molar-refractivity contribution is 7.89. The summed E-state index contributed by atoms with van der Waals surface area (Å²) in [5.74, 6) is 0.675. The van der Waals surface area contributed by atoms with Crippen LogP contribution in [0.4, 0.5) is 0 Å². The number of hydrogen-bond donors (Lipinski definition) is 0. The fourth-order valence-corrected chi connectivity index (χ4v) is 5.68. The Morgan fingerprint density at radius 3 is 2.68 bits per heavy atom. The smallest absolute Gasteiger partial charge is 0.243 e. The minimum atomic E-state index is -3.56. The molecule has 1 aromatic heterocycles. The van der Waals surface area contributed by atoms with E-state index in [1.54, 1.807) is 34.8 Å². The lowest BCUT2D eigenvalue weighted by Gasteiger charge is -2.34. The van der Waals surface area contributed by atoms with Crippen molar-refractivity contribution in [1.82, 2.24) is 14.3 Å². The van der Waals surface area contributed by atoms with Crippen molar-refractivity contribution >= 4 is 10.0 Å². The maximum Gasteiger partial charge on any atom is 0.243 e. The Labute approximate surface area is 147 Å². The molecule has 0 N–H and O–H groups in total. The molecule has 2 aromatic rings. The number of hydrogen-bond acceptors (Lipinski definition) is 5. The fraction of sp³-hybridized carbons (Fsp3) is 0.444. The molecule has 132 valence electrons. The van der Waals surface area contributed by atoms with Crippen LogP contribution in [-0.4, -0.2) is 34.8 Å². The Bertz CT molecular complexity index is 881. The normalized spacial score (nSPS) is 22.8. The average Bonchev–Trinajstić information content (AvgIpc) is 2.91. The summed E-state index contributed by atoms with van der Waals surface area (Å²) < 4.78 is 33.7. The summed E-state index contributed by atoms with van der Waals surface area (Å²) in [6, 6.07) is 6.51. The maximum atomic E-state index is 13.2. The van der Waals surface area contributed by atoms with Crippen LogP contribution in [-0.2, 0) is 16.4 Å². The number of ether oxygens (including phenoxy) is 1. The van der Waals surface area contributed by atoms with Crippen LogP contribution in [0.15, 0.2) is 41.7 Å². The third kappa shape index (κ3) is 2.81. The van der Waals surface area contributed by atoms with Gasteiger partial charge < -0.3 is 4.74 Å². The van der Waals surface area contributed by atoms with Crippen LogP contribution >= 0.6 is 0 Å². The standard InChI is InChI=1S/C18H21N3O3S/c1-12(2)24-14-4-6-15(7-5-14)25(22,23)21-13-3-8-18(21)16-10-19-11-20-17(16)9-13/h4-7,10-13,18H,3,8-9H2,1-2H3. The molecule has 0 radical (unpaired) electrons. The van der Waals surface area contributed by atoms with Gasteiger partial charge in [-0.1, -0.05) is 0 Å². The van der Waals surface area contributed by atoms with Crippen molar-refractivity contribution in [1.29, 1.82) is 0 Å². The van der Waals surface area contributed by atoms with E-state index in [9.17, 15) is 8.42 Å². The second-order valence-corrected chi connectivity index (χ2v) is 8.69. The lowest BCUT2D eigenvalue weighted by molar-refractivity contribution is 0.242. The van der Waals surface area contributed by atoms with Crippen molar-refractivity contribution in [3.05, 3.63) is 48.0 Å². The van der Waals surface area contributed by atoms with Gasteiger partial charge in [0.05, 0.1) is 22.7 Å². The second kappa shape index (κ2) is 6.07. The predicted octanol–water partition coefficient (Wildman–Crippen LogP) is 2.71. The van der Waals surface area contributed by atoms with Gasteiger partial charge in [-0.25, -0.2) is 18.4 Å². The summed E-state index contributed by atoms with van der Waals surface area (Å²) in [6.07, 6.45) is 5.68. The predicted molar refractivity (Wildman–Crippen MR) is 92.7 cm³/mol. The minimum absolute atomic E-state index is 0.0241. The third-order valence-electron chi connectivity index (χ3n) is 4.83. The highest BCUT2D eigenvalue weighted by atomic mass is 32.2. The topological polar surface area (TPSA) is 72.4 Å². The van der Waals surface area contributed by atoms with Crippen molar-refractivity contribution in [2.45, 2.75) is 56.2 Å². The van der Waals surface area contributed by atoms with E-state index in [1.807, 2.05) is 13.8 Å². The van der Waals surface area contributed by atoms with Crippen molar-refractivity contribution in [2.24, 2.45) is 0 Å². The van der Waals surface area contributed by atoms with E-state index in [1.165, 1.54) is 6.33 Å². The number of sulfonamides is 1. The van der Waals surface area contributed by atoms with Crippen molar-refractivity contribution < 1.29 is 13.2 Å². The van der Waals surface area contributed by atoms with Gasteiger partial charge in [0.25, 0.3) is 0 Å². The second-order valence-electron chi connectivity index (χ2n) is 6.85. The molecule has 4 rings (SSSR count). The van der Waals surface area contributed by atoms with Crippen LogP contribution in [0.25, 0.3) is 0 Å². The van der Waals surface area contributed by atoms with Crippen molar-refractivity contribution in [3.8, 4) is 5.75 Å². The van der Waals surface area contributed by atoms with E-state index < -0.39 is 10.0 Å². The minimum Gasteiger partial charge on any atom is -0.491 e. The van der Waals surface area contributed by atoms with Crippen LogP contribution in [0.5, 0.6) is 5.75 Å². The Morgan fingerprint density at radius 2 is 1.96 bits per heavy atom. The van der Waals surface area contributed by atoms with Gasteiger partial charge in [0.2, 0.25) is 10.0 Å². The zero-order valence-electron chi connectivity index (χ0n) is 14.3. The molecule has 2 bridgehead atoms. The van der Waals surface area contributed by atoms with Crippen LogP contribution in [0.3, 0.4) is 0 Å². The van der Waals surface area contributed by atoms with E-state index in [4.69, 9.17) is 4.74 Å². The van der Waals surface area contributed by atoms with Gasteiger partial charge in [0.15, 0.2) is 0 Å². The Hall–Kier alpha value is -1.99. The Balaban J connectivity index is 1.67. The van der Waals surface area contributed by atoms with Gasteiger partial charge >= 0.3 is 0 Å². The summed E-state index contributed by atoms with van der Waals surface area (Å²) in [5.41, 5.74) is 1.93. The molecule has 0 aliphatic carbocycles. The first-order valence-electron chi connectivity index (χ1n) is 8.56. The lowest BCUT2D eigenvalue weighted by Crippen LogP contribution is -2.42. The molecule has 3 heterocycles. The molecule has 6 nitrogen and oxygen atoms in total. The summed E-state index contributed by atoms with van der Waals surface area (Å²) in [4.78, 5) is 8.74. The molecule has 1 saturated heterocycles. The van der Waals surface area contributed by atoms with Gasteiger partial charge in [0, 0.05) is 24.2 Å². The maximum absolute atomic E-state index is 13.2. The van der Waals surface area contributed by atoms with Gasteiger partial charge in [-0.15, -0.1) is 0 Å². The first kappa shape index (κ1) is 16.5. The quantitative estimate of drug-likeness (QED) is 0.839. The van der Waals surface area contributed by atoms with E-state index in [0.717, 1.165) is 24.1 Å². The average molecular weight is 359 g/mol. The summed E-state index contributed by atoms with van der Waals surface area (Å²) in [6.45, 7) is 3.88. The molecule has 0 spiro atoms. The molecule has 0 amide bonds. The fourth-order valence-electron chi connectivity index (χ4n) is 3.83. The van der Waals surface area contributed by atoms with Gasteiger partial charge in [-0.2, -0.15) is 4.31 Å². The van der Waals surface area contributed by atoms with E-state index in [-0.39, 0.29) is 18.2 Å². The summed E-state index contributed by atoms with van der Waals surface area (Å²) >= 11 is 0. The summed E-state index contributed by atoms with van der Waals surface area (Å²) in [5, 5.41) is 0. The highest BCUT2D eigenvalue weighted by Gasteiger charge is 2.47. The lowest BCUT2D eigenvalue weighted by atomic mass is 10.0. The molecule has 1 aromatic carbocycles. The molecule has 2 aliphatic rings. The van der Waals surface area contributed by atoms with Gasteiger partial charge in [-0.05, 0) is 51.0 Å². The van der Waals surface area contributed by atoms with E-state index >= 15 is 0 Å². The number of fused-ring (bicyclic) bond motifs is 4. The molecular formula is C18H21N3O3S. The van der Waals surface area contributed by atoms with Crippen LogP contribution in [0.1, 0.15) is 44.0 Å². The Morgan fingerprint density at radius 1 is 1.20 bits per heavy atom. The van der Waals surface area contributed by atoms with Crippen LogP contribution in [0.2, 0.25) is 0 Å². The largest absolute Gasteiger partial charge is 0.491 e. The molecule has 0 saturated carbocycles. The first-order chi connectivity index (χ1) is 12.0. The van der Waals surface area contributed by atoms with Crippen molar-refractivity contribution in [3.63, 3.8) is 0 Å². The molecule has 2 unspecified atom stereocenters. The van der Waals surface area contributed by atoms with Gasteiger partial charge in [-0.3, -0.25) is 0 Å². The number of aromatic nitrogens is 2. The van der Waals surface area contributed by atoms with Gasteiger partial charge in [0.1, 0.15) is 12.1 Å². The Kier molecular flexibility index (Phi) is 4.00. The number of nitrogens with zero attached hydrogens (tertiary/aromatic N) is 3. The van der Waals surface area contributed by atoms with Crippen LogP contribution in [0, 0.1) is 0 Å². The van der Waals surface area contributed by atoms with E-state index in [0.29, 0.717) is 17.1 Å². The van der Waals surface area contributed by atoms with Crippen LogP contribution < -0.4 is 4.74 Å². The number of benzene rings is 1. The molecule has 2 aliphatic heterocycles. The third-order valence-corrected chi connectivity index (χ3v) is 6.80. The first-order valence-corrected chi connectivity index (χ1v) is 10.00. The molecule has 7 heteroatoms. The zero-order valence-corrected chi connectivity index (χ0v) is 15.1.